The molecule has 0 amide bonds. The monoisotopic (exact) mass is 204 g/mol. The first-order chi connectivity index (χ1) is 7.24. The number of benzene rings is 1. The molecule has 2 unspecified atom stereocenters. The molecule has 1 aromatic carbocycles. The first kappa shape index (κ1) is 10.7. The van der Waals surface area contributed by atoms with Crippen molar-refractivity contribution in [3.8, 4) is 0 Å². The Balaban J connectivity index is 2.46. The lowest BCUT2D eigenvalue weighted by molar-refractivity contribution is 0.151. The summed E-state index contributed by atoms with van der Waals surface area (Å²) in [5.74, 6) is 0.617. The molecule has 0 radical (unpaired) electrons. The molecule has 1 heteroatoms. The van der Waals surface area contributed by atoms with E-state index in [1.807, 2.05) is 0 Å². The Kier molecular flexibility index (Phi) is 3.11. The summed E-state index contributed by atoms with van der Waals surface area (Å²) in [6, 6.07) is 6.40. The van der Waals surface area contributed by atoms with E-state index in [0.717, 1.165) is 19.3 Å². The molecule has 2 atom stereocenters. The van der Waals surface area contributed by atoms with E-state index in [2.05, 4.69) is 32.0 Å². The number of rotatable bonds is 2. The lowest BCUT2D eigenvalue weighted by Crippen LogP contribution is -2.14. The highest BCUT2D eigenvalue weighted by molar-refractivity contribution is 5.40. The lowest BCUT2D eigenvalue weighted by atomic mass is 9.79. The van der Waals surface area contributed by atoms with Crippen LogP contribution in [-0.2, 0) is 6.42 Å². The average molecular weight is 204 g/mol. The number of aliphatic hydroxyl groups is 1. The summed E-state index contributed by atoms with van der Waals surface area (Å²) in [4.78, 5) is 0. The van der Waals surface area contributed by atoms with Crippen molar-refractivity contribution in [2.75, 3.05) is 0 Å². The Labute approximate surface area is 92.1 Å². The van der Waals surface area contributed by atoms with Gasteiger partial charge in [0.1, 0.15) is 0 Å². The van der Waals surface area contributed by atoms with E-state index in [9.17, 15) is 5.11 Å². The van der Waals surface area contributed by atoms with E-state index in [4.69, 9.17) is 0 Å². The molecule has 1 aliphatic carbocycles. The van der Waals surface area contributed by atoms with E-state index in [-0.39, 0.29) is 6.10 Å². The van der Waals surface area contributed by atoms with Gasteiger partial charge in [-0.25, -0.2) is 0 Å². The van der Waals surface area contributed by atoms with Gasteiger partial charge in [-0.3, -0.25) is 0 Å². The highest BCUT2D eigenvalue weighted by atomic mass is 16.3. The van der Waals surface area contributed by atoms with E-state index in [1.165, 1.54) is 23.1 Å². The fourth-order valence-corrected chi connectivity index (χ4v) is 2.72. The quantitative estimate of drug-likeness (QED) is 0.780. The van der Waals surface area contributed by atoms with Gasteiger partial charge in [0.2, 0.25) is 0 Å². The van der Waals surface area contributed by atoms with Crippen molar-refractivity contribution in [3.63, 3.8) is 0 Å². The zero-order valence-corrected chi connectivity index (χ0v) is 9.66. The summed E-state index contributed by atoms with van der Waals surface area (Å²) >= 11 is 0. The van der Waals surface area contributed by atoms with Crippen molar-refractivity contribution in [3.05, 3.63) is 34.9 Å². The zero-order chi connectivity index (χ0) is 10.8. The fraction of sp³-hybridized carbons (Fsp3) is 0.571. The van der Waals surface area contributed by atoms with Crippen LogP contribution in [-0.4, -0.2) is 5.11 Å². The second-order valence-electron chi connectivity index (χ2n) is 4.66. The summed E-state index contributed by atoms with van der Waals surface area (Å²) in [6.07, 6.45) is 4.13. The summed E-state index contributed by atoms with van der Waals surface area (Å²) in [6.45, 7) is 4.49. The molecule has 0 saturated carbocycles. The third-order valence-electron chi connectivity index (χ3n) is 3.47. The van der Waals surface area contributed by atoms with Crippen molar-refractivity contribution >= 4 is 0 Å². The summed E-state index contributed by atoms with van der Waals surface area (Å²) < 4.78 is 0. The molecular formula is C14H20O. The molecule has 0 spiro atoms. The average Bonchev–Trinajstić information content (AvgIpc) is 2.24. The Hall–Kier alpha value is -0.820. The topological polar surface area (TPSA) is 20.2 Å². The molecule has 82 valence electrons. The molecular weight excluding hydrogens is 184 g/mol. The zero-order valence-electron chi connectivity index (χ0n) is 9.66. The van der Waals surface area contributed by atoms with Gasteiger partial charge in [0.05, 0.1) is 6.10 Å². The second kappa shape index (κ2) is 4.36. The lowest BCUT2D eigenvalue weighted by Gasteiger charge is -2.28. The molecule has 1 N–H and O–H groups in total. The molecule has 1 nitrogen and oxygen atoms in total. The predicted molar refractivity (Wildman–Crippen MR) is 63.0 cm³/mol. The van der Waals surface area contributed by atoms with Crippen LogP contribution >= 0.6 is 0 Å². The third kappa shape index (κ3) is 1.93. The minimum atomic E-state index is -0.229. The molecule has 0 heterocycles. The number of aryl methyl sites for hydroxylation is 1. The molecule has 0 aliphatic heterocycles. The van der Waals surface area contributed by atoms with Crippen LogP contribution in [0.1, 0.15) is 61.8 Å². The fourth-order valence-electron chi connectivity index (χ4n) is 2.72. The molecule has 1 aliphatic rings. The van der Waals surface area contributed by atoms with Gasteiger partial charge < -0.3 is 5.11 Å². The first-order valence-corrected chi connectivity index (χ1v) is 6.03. The van der Waals surface area contributed by atoms with Crippen LogP contribution in [0.25, 0.3) is 0 Å². The van der Waals surface area contributed by atoms with Crippen LogP contribution in [0.5, 0.6) is 0 Å². The largest absolute Gasteiger partial charge is 0.388 e. The summed E-state index contributed by atoms with van der Waals surface area (Å²) in [5.41, 5.74) is 4.05. The van der Waals surface area contributed by atoms with Crippen LogP contribution in [0.15, 0.2) is 18.2 Å². The van der Waals surface area contributed by atoms with Crippen LogP contribution in [0.2, 0.25) is 0 Å². The van der Waals surface area contributed by atoms with Crippen LogP contribution < -0.4 is 0 Å². The van der Waals surface area contributed by atoms with Gasteiger partial charge in [-0.15, -0.1) is 0 Å². The van der Waals surface area contributed by atoms with E-state index in [0.29, 0.717) is 5.92 Å². The highest BCUT2D eigenvalue weighted by Crippen LogP contribution is 2.39. The van der Waals surface area contributed by atoms with Gasteiger partial charge in [0.15, 0.2) is 0 Å². The van der Waals surface area contributed by atoms with Gasteiger partial charge in [0, 0.05) is 0 Å². The molecule has 0 saturated heterocycles. The SMILES string of the molecule is CCCc1cccc2c1C(C)CCC2O. The van der Waals surface area contributed by atoms with Gasteiger partial charge >= 0.3 is 0 Å². The minimum Gasteiger partial charge on any atom is -0.388 e. The number of fused-ring (bicyclic) bond motifs is 1. The van der Waals surface area contributed by atoms with Crippen LogP contribution in [0.4, 0.5) is 0 Å². The van der Waals surface area contributed by atoms with Gasteiger partial charge in [-0.05, 0) is 41.9 Å². The molecule has 15 heavy (non-hydrogen) atoms. The van der Waals surface area contributed by atoms with E-state index in [1.54, 1.807) is 0 Å². The van der Waals surface area contributed by atoms with Gasteiger partial charge in [-0.1, -0.05) is 38.5 Å². The number of hydrogen-bond acceptors (Lipinski definition) is 1. The van der Waals surface area contributed by atoms with Crippen LogP contribution in [0.3, 0.4) is 0 Å². The smallest absolute Gasteiger partial charge is 0.0793 e. The maximum Gasteiger partial charge on any atom is 0.0793 e. The first-order valence-electron chi connectivity index (χ1n) is 6.03. The Morgan fingerprint density at radius 3 is 2.87 bits per heavy atom. The van der Waals surface area contributed by atoms with Crippen molar-refractivity contribution in [2.45, 2.75) is 51.6 Å². The normalized spacial score (nSPS) is 25.0. The maximum atomic E-state index is 9.97. The summed E-state index contributed by atoms with van der Waals surface area (Å²) in [5, 5.41) is 9.97. The maximum absolute atomic E-state index is 9.97. The molecule has 0 aromatic heterocycles. The minimum absolute atomic E-state index is 0.229. The molecule has 0 bridgehead atoms. The standard InChI is InChI=1S/C14H20O/c1-3-5-11-6-4-7-12-13(15)9-8-10(2)14(11)12/h4,6-7,10,13,15H,3,5,8-9H2,1-2H3. The highest BCUT2D eigenvalue weighted by Gasteiger charge is 2.24. The number of hydrogen-bond donors (Lipinski definition) is 1. The Morgan fingerprint density at radius 1 is 1.33 bits per heavy atom. The Morgan fingerprint density at radius 2 is 2.13 bits per heavy atom. The van der Waals surface area contributed by atoms with Crippen molar-refractivity contribution in [2.24, 2.45) is 0 Å². The summed E-state index contributed by atoms with van der Waals surface area (Å²) in [7, 11) is 0. The van der Waals surface area contributed by atoms with Gasteiger partial charge in [0.25, 0.3) is 0 Å². The van der Waals surface area contributed by atoms with E-state index < -0.39 is 0 Å². The second-order valence-corrected chi connectivity index (χ2v) is 4.66. The molecule has 0 fully saturated rings. The van der Waals surface area contributed by atoms with Crippen LogP contribution in [0, 0.1) is 0 Å². The predicted octanol–water partition coefficient (Wildman–Crippen LogP) is 3.57. The molecule has 1 aromatic rings. The van der Waals surface area contributed by atoms with Gasteiger partial charge in [-0.2, -0.15) is 0 Å². The molecule has 2 rings (SSSR count). The number of aliphatic hydroxyl groups excluding tert-OH is 1. The van der Waals surface area contributed by atoms with Crippen molar-refractivity contribution in [1.82, 2.24) is 0 Å². The Bertz CT molecular complexity index is 343. The van der Waals surface area contributed by atoms with Crippen molar-refractivity contribution < 1.29 is 5.11 Å². The third-order valence-corrected chi connectivity index (χ3v) is 3.47. The van der Waals surface area contributed by atoms with Crippen molar-refractivity contribution in [1.29, 1.82) is 0 Å². The van der Waals surface area contributed by atoms with E-state index >= 15 is 0 Å².